The van der Waals surface area contributed by atoms with Gasteiger partial charge in [-0.05, 0) is 37.5 Å². The minimum atomic E-state index is -0.0406. The summed E-state index contributed by atoms with van der Waals surface area (Å²) in [5, 5.41) is 12.6. The summed E-state index contributed by atoms with van der Waals surface area (Å²) in [4.78, 5) is 19.3. The highest BCUT2D eigenvalue weighted by Crippen LogP contribution is 2.42. The van der Waals surface area contributed by atoms with Crippen LogP contribution in [0.4, 0.5) is 0 Å². The molecule has 0 aliphatic heterocycles. The number of nitrogens with zero attached hydrogens (tertiary/aromatic N) is 3. The number of rotatable bonds is 8. The number of carbonyl (C=O) groups is 1. The predicted molar refractivity (Wildman–Crippen MR) is 127 cm³/mol. The quantitative estimate of drug-likeness (QED) is 0.485. The van der Waals surface area contributed by atoms with Gasteiger partial charge in [0, 0.05) is 52.7 Å². The number of aryl methyl sites for hydroxylation is 1. The van der Waals surface area contributed by atoms with Crippen LogP contribution in [-0.2, 0) is 17.9 Å². The van der Waals surface area contributed by atoms with Gasteiger partial charge >= 0.3 is 0 Å². The van der Waals surface area contributed by atoms with Gasteiger partial charge in [0.1, 0.15) is 6.54 Å². The van der Waals surface area contributed by atoms with Gasteiger partial charge in [-0.2, -0.15) is 0 Å². The molecule has 0 unspecified atom stereocenters. The molecule has 0 fully saturated rings. The van der Waals surface area contributed by atoms with E-state index in [0.29, 0.717) is 45.2 Å². The Morgan fingerprint density at radius 3 is 2.48 bits per heavy atom. The van der Waals surface area contributed by atoms with Crippen molar-refractivity contribution in [3.05, 3.63) is 45.7 Å². The predicted octanol–water partition coefficient (Wildman–Crippen LogP) is 5.13. The summed E-state index contributed by atoms with van der Waals surface area (Å²) in [6.45, 7) is 7.60. The minimum absolute atomic E-state index is 0.0282. The van der Waals surface area contributed by atoms with Crippen LogP contribution in [0, 0.1) is 6.92 Å². The lowest BCUT2D eigenvalue weighted by Gasteiger charge is -2.21. The van der Waals surface area contributed by atoms with Gasteiger partial charge in [0.2, 0.25) is 11.8 Å². The number of aromatic hydroxyl groups is 1. The molecule has 0 spiro atoms. The zero-order valence-corrected chi connectivity index (χ0v) is 19.6. The molecule has 3 rings (SSSR count). The smallest absolute Gasteiger partial charge is 0.242 e. The lowest BCUT2D eigenvalue weighted by molar-refractivity contribution is -0.132. The number of pyridine rings is 1. The number of fused-ring (bicyclic) bond motifs is 1. The maximum absolute atomic E-state index is 12.9. The van der Waals surface area contributed by atoms with Gasteiger partial charge in [-0.25, -0.2) is 0 Å². The molecule has 1 amide bonds. The summed E-state index contributed by atoms with van der Waals surface area (Å²) in [7, 11) is 0. The van der Waals surface area contributed by atoms with Crippen molar-refractivity contribution in [1.29, 1.82) is 0 Å². The molecule has 2 aromatic heterocycles. The van der Waals surface area contributed by atoms with E-state index in [2.05, 4.69) is 4.98 Å². The Hall–Kier alpha value is -2.28. The molecule has 0 saturated heterocycles. The summed E-state index contributed by atoms with van der Waals surface area (Å²) < 4.78 is 1.55. The van der Waals surface area contributed by atoms with Crippen LogP contribution in [0.3, 0.4) is 0 Å². The van der Waals surface area contributed by atoms with Crippen molar-refractivity contribution < 1.29 is 9.90 Å². The molecule has 0 bridgehead atoms. The Kier molecular flexibility index (Phi) is 7.46. The number of amides is 1. The van der Waals surface area contributed by atoms with E-state index in [4.69, 9.17) is 28.9 Å². The molecule has 3 N–H and O–H groups in total. The number of benzene rings is 1. The van der Waals surface area contributed by atoms with E-state index in [9.17, 15) is 9.90 Å². The van der Waals surface area contributed by atoms with Crippen molar-refractivity contribution >= 4 is 40.0 Å². The summed E-state index contributed by atoms with van der Waals surface area (Å²) in [6.07, 6.45) is 3.47. The molecule has 31 heavy (non-hydrogen) atoms. The first-order valence-electron chi connectivity index (χ1n) is 10.5. The van der Waals surface area contributed by atoms with Gasteiger partial charge < -0.3 is 20.3 Å². The van der Waals surface area contributed by atoms with Crippen molar-refractivity contribution in [3.8, 4) is 17.0 Å². The van der Waals surface area contributed by atoms with Gasteiger partial charge in [0.25, 0.3) is 0 Å². The van der Waals surface area contributed by atoms with E-state index in [1.54, 1.807) is 22.9 Å². The van der Waals surface area contributed by atoms with Crippen molar-refractivity contribution in [1.82, 2.24) is 14.5 Å². The second-order valence-corrected chi connectivity index (χ2v) is 8.44. The number of nitrogens with two attached hydrogens (primary N) is 1. The van der Waals surface area contributed by atoms with Crippen LogP contribution < -0.4 is 5.73 Å². The standard InChI is InChI=1S/C23H28Cl2N4O2/c1-4-8-28(9-5-2)20(30)13-29-12-19-22(23(29)31)21(17(11-26)14(3)27-19)16-7-6-15(24)10-18(16)25/h6-7,10,12,31H,4-5,8-9,11,13,26H2,1-3H3. The average Bonchev–Trinajstić information content (AvgIpc) is 3.02. The second kappa shape index (κ2) is 9.90. The molecule has 1 aromatic carbocycles. The summed E-state index contributed by atoms with van der Waals surface area (Å²) in [6, 6.07) is 5.21. The van der Waals surface area contributed by atoms with Crippen LogP contribution in [0.25, 0.3) is 22.0 Å². The van der Waals surface area contributed by atoms with Gasteiger partial charge in [-0.15, -0.1) is 0 Å². The van der Waals surface area contributed by atoms with Crippen molar-refractivity contribution in [2.75, 3.05) is 13.1 Å². The Labute approximate surface area is 192 Å². The fourth-order valence-corrected chi connectivity index (χ4v) is 4.45. The highest BCUT2D eigenvalue weighted by atomic mass is 35.5. The Bertz CT molecular complexity index is 1100. The largest absolute Gasteiger partial charge is 0.494 e. The van der Waals surface area contributed by atoms with E-state index in [1.165, 1.54) is 0 Å². The number of hydrogen-bond acceptors (Lipinski definition) is 4. The average molecular weight is 463 g/mol. The van der Waals surface area contributed by atoms with Crippen LogP contribution in [0.1, 0.15) is 37.9 Å². The van der Waals surface area contributed by atoms with E-state index in [1.807, 2.05) is 31.7 Å². The van der Waals surface area contributed by atoms with Crippen molar-refractivity contribution in [3.63, 3.8) is 0 Å². The zero-order chi connectivity index (χ0) is 22.7. The Morgan fingerprint density at radius 2 is 1.90 bits per heavy atom. The third-order valence-electron chi connectivity index (χ3n) is 5.36. The molecule has 166 valence electrons. The van der Waals surface area contributed by atoms with Gasteiger partial charge in [-0.3, -0.25) is 9.78 Å². The highest BCUT2D eigenvalue weighted by Gasteiger charge is 2.23. The monoisotopic (exact) mass is 462 g/mol. The van der Waals surface area contributed by atoms with Gasteiger partial charge in [0.05, 0.1) is 10.9 Å². The minimum Gasteiger partial charge on any atom is -0.494 e. The third kappa shape index (κ3) is 4.66. The van der Waals surface area contributed by atoms with E-state index in [-0.39, 0.29) is 24.9 Å². The molecule has 8 heteroatoms. The van der Waals surface area contributed by atoms with Crippen molar-refractivity contribution in [2.24, 2.45) is 5.73 Å². The SMILES string of the molecule is CCCN(CCC)C(=O)Cn1cc2nc(C)c(CN)c(-c3ccc(Cl)cc3Cl)c2c1O. The van der Waals surface area contributed by atoms with E-state index in [0.717, 1.165) is 24.1 Å². The fraction of sp³-hybridized carbons (Fsp3) is 0.391. The zero-order valence-electron chi connectivity index (χ0n) is 18.1. The topological polar surface area (TPSA) is 84.4 Å². The maximum atomic E-state index is 12.9. The number of hydrogen-bond donors (Lipinski definition) is 2. The van der Waals surface area contributed by atoms with Crippen LogP contribution in [0.2, 0.25) is 10.0 Å². The third-order valence-corrected chi connectivity index (χ3v) is 5.90. The first-order valence-corrected chi connectivity index (χ1v) is 11.2. The lowest BCUT2D eigenvalue weighted by Crippen LogP contribution is -2.34. The lowest BCUT2D eigenvalue weighted by atomic mass is 9.95. The summed E-state index contributed by atoms with van der Waals surface area (Å²) in [5.74, 6) is -0.0688. The van der Waals surface area contributed by atoms with E-state index < -0.39 is 0 Å². The normalized spacial score (nSPS) is 11.3. The Morgan fingerprint density at radius 1 is 1.23 bits per heavy atom. The van der Waals surface area contributed by atoms with Gasteiger partial charge in [-0.1, -0.05) is 43.1 Å². The molecule has 0 saturated carbocycles. The molecule has 0 atom stereocenters. The van der Waals surface area contributed by atoms with E-state index >= 15 is 0 Å². The van der Waals surface area contributed by atoms with Crippen molar-refractivity contribution in [2.45, 2.75) is 46.7 Å². The first-order chi connectivity index (χ1) is 14.8. The molecule has 3 aromatic rings. The van der Waals surface area contributed by atoms with Crippen LogP contribution in [-0.4, -0.2) is 38.6 Å². The summed E-state index contributed by atoms with van der Waals surface area (Å²) in [5.41, 5.74) is 9.59. The summed E-state index contributed by atoms with van der Waals surface area (Å²) >= 11 is 12.6. The molecule has 0 aliphatic carbocycles. The van der Waals surface area contributed by atoms with Gasteiger partial charge in [0.15, 0.2) is 0 Å². The first kappa shape index (κ1) is 23.4. The molecule has 6 nitrogen and oxygen atoms in total. The molecular weight excluding hydrogens is 435 g/mol. The highest BCUT2D eigenvalue weighted by molar-refractivity contribution is 6.36. The number of carbonyl (C=O) groups excluding carboxylic acids is 1. The number of aromatic nitrogens is 2. The van der Waals surface area contributed by atoms with Crippen LogP contribution >= 0.6 is 23.2 Å². The molecule has 0 radical (unpaired) electrons. The Balaban J connectivity index is 2.17. The molecule has 0 aliphatic rings. The fourth-order valence-electron chi connectivity index (χ4n) is 3.94. The molecular formula is C23H28Cl2N4O2. The van der Waals surface area contributed by atoms with Crippen LogP contribution in [0.15, 0.2) is 24.4 Å². The second-order valence-electron chi connectivity index (χ2n) is 7.60. The molecule has 2 heterocycles. The van der Waals surface area contributed by atoms with Crippen LogP contribution in [0.5, 0.6) is 5.88 Å². The maximum Gasteiger partial charge on any atom is 0.242 e. The number of halogens is 2.